The standard InChI is InChI=1S/C4H8N2O/c1-4(7)2-3-6-5/h2-3,6-7H,1,5H2/b3-2-. The van der Waals surface area contributed by atoms with Crippen LogP contribution >= 0.6 is 0 Å². The molecule has 3 heteroatoms. The van der Waals surface area contributed by atoms with Gasteiger partial charge in [-0.1, -0.05) is 6.58 Å². The molecule has 3 nitrogen and oxygen atoms in total. The number of allylic oxidation sites excluding steroid dienone is 1. The van der Waals surface area contributed by atoms with Gasteiger partial charge in [-0.3, -0.25) is 5.84 Å². The van der Waals surface area contributed by atoms with Gasteiger partial charge in [0.05, 0.1) is 0 Å². The normalized spacial score (nSPS) is 9.29. The Morgan fingerprint density at radius 2 is 2.43 bits per heavy atom. The molecule has 0 radical (unpaired) electrons. The Morgan fingerprint density at radius 3 is 2.57 bits per heavy atom. The van der Waals surface area contributed by atoms with Crippen molar-refractivity contribution in [1.82, 2.24) is 5.43 Å². The second-order valence-electron chi connectivity index (χ2n) is 0.991. The Kier molecular flexibility index (Phi) is 2.79. The van der Waals surface area contributed by atoms with E-state index in [2.05, 4.69) is 12.0 Å². The molecule has 0 rings (SSSR count). The molecule has 0 aliphatic heterocycles. The van der Waals surface area contributed by atoms with Gasteiger partial charge >= 0.3 is 0 Å². The monoisotopic (exact) mass is 100 g/mol. The van der Waals surface area contributed by atoms with Crippen LogP contribution in [0.2, 0.25) is 0 Å². The van der Waals surface area contributed by atoms with E-state index in [0.29, 0.717) is 0 Å². The minimum absolute atomic E-state index is 0.0158. The summed E-state index contributed by atoms with van der Waals surface area (Å²) < 4.78 is 0. The third-order valence-corrected chi connectivity index (χ3v) is 0.372. The minimum atomic E-state index is -0.0158. The first-order valence-corrected chi connectivity index (χ1v) is 1.78. The van der Waals surface area contributed by atoms with Crippen LogP contribution in [0.5, 0.6) is 0 Å². The number of aliphatic hydroxyl groups excluding tert-OH is 1. The molecule has 0 aromatic carbocycles. The van der Waals surface area contributed by atoms with Crippen LogP contribution in [0.25, 0.3) is 0 Å². The molecule has 0 fully saturated rings. The highest BCUT2D eigenvalue weighted by molar-refractivity contribution is 5.03. The number of nitrogens with two attached hydrogens (primary N) is 1. The van der Waals surface area contributed by atoms with E-state index in [1.165, 1.54) is 12.3 Å². The van der Waals surface area contributed by atoms with E-state index in [0.717, 1.165) is 0 Å². The summed E-state index contributed by atoms with van der Waals surface area (Å²) in [4.78, 5) is 0. The summed E-state index contributed by atoms with van der Waals surface area (Å²) in [6, 6.07) is 0. The SMILES string of the molecule is C=C(O)/C=C\NN. The van der Waals surface area contributed by atoms with E-state index >= 15 is 0 Å². The molecule has 0 aromatic rings. The van der Waals surface area contributed by atoms with E-state index < -0.39 is 0 Å². The fourth-order valence-electron chi connectivity index (χ4n) is 0.144. The van der Waals surface area contributed by atoms with Crippen LogP contribution < -0.4 is 11.3 Å². The van der Waals surface area contributed by atoms with Crippen LogP contribution in [-0.2, 0) is 0 Å². The molecule has 0 unspecified atom stereocenters. The van der Waals surface area contributed by atoms with Crippen molar-refractivity contribution in [2.45, 2.75) is 0 Å². The summed E-state index contributed by atoms with van der Waals surface area (Å²) >= 11 is 0. The van der Waals surface area contributed by atoms with Crippen molar-refractivity contribution in [2.75, 3.05) is 0 Å². The van der Waals surface area contributed by atoms with Crippen molar-refractivity contribution in [2.24, 2.45) is 5.84 Å². The highest BCUT2D eigenvalue weighted by atomic mass is 16.3. The maximum atomic E-state index is 8.31. The van der Waals surface area contributed by atoms with Gasteiger partial charge < -0.3 is 10.5 Å². The van der Waals surface area contributed by atoms with Crippen molar-refractivity contribution >= 4 is 0 Å². The van der Waals surface area contributed by atoms with Crippen LogP contribution in [0.4, 0.5) is 0 Å². The smallest absolute Gasteiger partial charge is 0.109 e. The van der Waals surface area contributed by atoms with Crippen LogP contribution in [0.1, 0.15) is 0 Å². The molecule has 0 saturated heterocycles. The highest BCUT2D eigenvalue weighted by Gasteiger charge is 1.69. The molecule has 0 saturated carbocycles. The fraction of sp³-hybridized carbons (Fsp3) is 0. The summed E-state index contributed by atoms with van der Waals surface area (Å²) in [5.74, 6) is 4.77. The van der Waals surface area contributed by atoms with Gasteiger partial charge in [-0.2, -0.15) is 0 Å². The van der Waals surface area contributed by atoms with E-state index in [9.17, 15) is 0 Å². The van der Waals surface area contributed by atoms with E-state index in [1.807, 2.05) is 0 Å². The van der Waals surface area contributed by atoms with Crippen molar-refractivity contribution < 1.29 is 5.11 Å². The zero-order valence-corrected chi connectivity index (χ0v) is 3.89. The highest BCUT2D eigenvalue weighted by Crippen LogP contribution is 1.78. The van der Waals surface area contributed by atoms with Gasteiger partial charge in [0.2, 0.25) is 0 Å². The van der Waals surface area contributed by atoms with Crippen molar-refractivity contribution in [1.29, 1.82) is 0 Å². The first kappa shape index (κ1) is 6.04. The summed E-state index contributed by atoms with van der Waals surface area (Å²) in [5, 5.41) is 8.31. The first-order valence-electron chi connectivity index (χ1n) is 1.78. The Balaban J connectivity index is 3.26. The number of hydrazine groups is 1. The largest absolute Gasteiger partial charge is 0.509 e. The van der Waals surface area contributed by atoms with Crippen LogP contribution in [0.3, 0.4) is 0 Å². The Labute approximate surface area is 42.1 Å². The topological polar surface area (TPSA) is 58.3 Å². The molecule has 0 bridgehead atoms. The van der Waals surface area contributed by atoms with E-state index in [-0.39, 0.29) is 5.76 Å². The molecule has 0 spiro atoms. The lowest BCUT2D eigenvalue weighted by Crippen LogP contribution is -2.12. The number of nitrogens with one attached hydrogen (secondary N) is 1. The predicted molar refractivity (Wildman–Crippen MR) is 28.2 cm³/mol. The predicted octanol–water partition coefficient (Wildman–Crippen LogP) is 0.0351. The van der Waals surface area contributed by atoms with Gasteiger partial charge in [0.1, 0.15) is 5.76 Å². The van der Waals surface area contributed by atoms with Gasteiger partial charge in [0.15, 0.2) is 0 Å². The number of hydrogen-bond acceptors (Lipinski definition) is 3. The summed E-state index contributed by atoms with van der Waals surface area (Å²) in [6.07, 6.45) is 2.72. The third-order valence-electron chi connectivity index (χ3n) is 0.372. The number of aliphatic hydroxyl groups is 1. The van der Waals surface area contributed by atoms with Crippen molar-refractivity contribution in [3.63, 3.8) is 0 Å². The molecule has 0 aromatic heterocycles. The summed E-state index contributed by atoms with van der Waals surface area (Å²) in [7, 11) is 0. The molecule has 0 amide bonds. The van der Waals surface area contributed by atoms with Gasteiger partial charge in [-0.05, 0) is 6.08 Å². The molecule has 0 heterocycles. The Morgan fingerprint density at radius 1 is 1.86 bits per heavy atom. The summed E-state index contributed by atoms with van der Waals surface area (Å²) in [5.41, 5.74) is 2.20. The molecular formula is C4H8N2O. The van der Waals surface area contributed by atoms with Crippen molar-refractivity contribution in [3.8, 4) is 0 Å². The molecular weight excluding hydrogens is 92.1 g/mol. The first-order chi connectivity index (χ1) is 3.27. The minimum Gasteiger partial charge on any atom is -0.509 e. The molecule has 0 aliphatic rings. The lowest BCUT2D eigenvalue weighted by Gasteiger charge is -1.83. The van der Waals surface area contributed by atoms with E-state index in [1.54, 1.807) is 0 Å². The lowest BCUT2D eigenvalue weighted by atomic mass is 10.5. The summed E-state index contributed by atoms with van der Waals surface area (Å²) in [6.45, 7) is 3.17. The second kappa shape index (κ2) is 3.24. The zero-order chi connectivity index (χ0) is 5.70. The molecule has 4 N–H and O–H groups in total. The Bertz CT molecular complexity index is 87.7. The number of rotatable bonds is 2. The maximum Gasteiger partial charge on any atom is 0.109 e. The molecule has 0 aliphatic carbocycles. The van der Waals surface area contributed by atoms with Crippen LogP contribution in [0, 0.1) is 0 Å². The molecule has 7 heavy (non-hydrogen) atoms. The van der Waals surface area contributed by atoms with Gasteiger partial charge in [-0.25, -0.2) is 0 Å². The van der Waals surface area contributed by atoms with Crippen molar-refractivity contribution in [3.05, 3.63) is 24.6 Å². The van der Waals surface area contributed by atoms with Gasteiger partial charge in [0, 0.05) is 6.20 Å². The average molecular weight is 100 g/mol. The van der Waals surface area contributed by atoms with Crippen LogP contribution in [0.15, 0.2) is 24.6 Å². The van der Waals surface area contributed by atoms with E-state index in [4.69, 9.17) is 10.9 Å². The van der Waals surface area contributed by atoms with Crippen LogP contribution in [-0.4, -0.2) is 5.11 Å². The van der Waals surface area contributed by atoms with Gasteiger partial charge in [-0.15, -0.1) is 0 Å². The Hall–Kier alpha value is -0.960. The molecule has 40 valence electrons. The number of hydrogen-bond donors (Lipinski definition) is 3. The zero-order valence-electron chi connectivity index (χ0n) is 3.89. The fourth-order valence-corrected chi connectivity index (χ4v) is 0.144. The second-order valence-corrected chi connectivity index (χ2v) is 0.991. The maximum absolute atomic E-state index is 8.31. The third kappa shape index (κ3) is 5.04. The molecule has 0 atom stereocenters. The lowest BCUT2D eigenvalue weighted by molar-refractivity contribution is 0.435. The quantitative estimate of drug-likeness (QED) is 0.199. The van der Waals surface area contributed by atoms with Gasteiger partial charge in [0.25, 0.3) is 0 Å². The average Bonchev–Trinajstić information content (AvgIpc) is 1.61.